The number of phenolic OH excluding ortho intramolecular Hbond substituents is 2. The number of benzene rings is 2. The largest absolute Gasteiger partial charge is 0.504 e. The average molecular weight is 372 g/mol. The van der Waals surface area contributed by atoms with Crippen molar-refractivity contribution in [1.82, 2.24) is 0 Å². The Hall–Kier alpha value is -2.60. The number of quaternary nitrogens is 1. The van der Waals surface area contributed by atoms with Crippen LogP contribution in [0.25, 0.3) is 0 Å². The van der Waals surface area contributed by atoms with Crippen LogP contribution >= 0.6 is 0 Å². The number of rotatable bonds is 3. The first-order chi connectivity index (χ1) is 12.9. The SMILES string of the molecule is COc1ccc2c(c1O)C[N+]1(C)CCc3cc(OC)c(OC)c(O)c3[C@@H]1C2. The molecule has 0 radical (unpaired) electrons. The van der Waals surface area contributed by atoms with Crippen LogP contribution in [0.2, 0.25) is 0 Å². The van der Waals surface area contributed by atoms with Gasteiger partial charge in [-0.05, 0) is 23.3 Å². The van der Waals surface area contributed by atoms with E-state index in [0.29, 0.717) is 23.8 Å². The minimum Gasteiger partial charge on any atom is -0.504 e. The van der Waals surface area contributed by atoms with E-state index >= 15 is 0 Å². The van der Waals surface area contributed by atoms with Crippen molar-refractivity contribution in [2.24, 2.45) is 0 Å². The molecule has 0 amide bonds. The molecule has 2 heterocycles. The number of methoxy groups -OCH3 is 3. The molecule has 2 aliphatic rings. The zero-order chi connectivity index (χ0) is 19.3. The van der Waals surface area contributed by atoms with Crippen LogP contribution in [0.1, 0.15) is 28.3 Å². The van der Waals surface area contributed by atoms with E-state index in [1.807, 2.05) is 18.2 Å². The number of fused-ring (bicyclic) bond motifs is 4. The van der Waals surface area contributed by atoms with Gasteiger partial charge in [0.15, 0.2) is 23.0 Å². The molecule has 2 aromatic carbocycles. The van der Waals surface area contributed by atoms with E-state index in [2.05, 4.69) is 7.05 Å². The fourth-order valence-corrected chi connectivity index (χ4v) is 4.73. The minimum absolute atomic E-state index is 0.0915. The van der Waals surface area contributed by atoms with Crippen molar-refractivity contribution in [3.8, 4) is 28.7 Å². The fourth-order valence-electron chi connectivity index (χ4n) is 4.73. The van der Waals surface area contributed by atoms with Crippen LogP contribution in [-0.4, -0.2) is 49.6 Å². The van der Waals surface area contributed by atoms with E-state index < -0.39 is 0 Å². The topological polar surface area (TPSA) is 68.2 Å². The highest BCUT2D eigenvalue weighted by molar-refractivity contribution is 5.60. The monoisotopic (exact) mass is 372 g/mol. The van der Waals surface area contributed by atoms with Crippen LogP contribution in [0, 0.1) is 0 Å². The molecular formula is C21H26NO5+. The smallest absolute Gasteiger partial charge is 0.203 e. The Labute approximate surface area is 159 Å². The number of likely N-dealkylation sites (N-methyl/N-ethyl adjacent to an activating group) is 1. The molecule has 0 aliphatic carbocycles. The number of hydrogen-bond acceptors (Lipinski definition) is 5. The van der Waals surface area contributed by atoms with E-state index in [4.69, 9.17) is 14.2 Å². The van der Waals surface area contributed by atoms with Crippen LogP contribution in [0.15, 0.2) is 18.2 Å². The second-order valence-corrected chi connectivity index (χ2v) is 7.62. The van der Waals surface area contributed by atoms with Gasteiger partial charge >= 0.3 is 0 Å². The minimum atomic E-state index is 0.0915. The van der Waals surface area contributed by atoms with Crippen LogP contribution in [0.3, 0.4) is 0 Å². The third-order valence-electron chi connectivity index (χ3n) is 6.24. The van der Waals surface area contributed by atoms with Gasteiger partial charge in [-0.2, -0.15) is 0 Å². The number of phenols is 2. The van der Waals surface area contributed by atoms with E-state index in [1.165, 1.54) is 0 Å². The molecule has 2 atom stereocenters. The van der Waals surface area contributed by atoms with Gasteiger partial charge in [0.2, 0.25) is 5.75 Å². The van der Waals surface area contributed by atoms with E-state index in [9.17, 15) is 10.2 Å². The lowest BCUT2D eigenvalue weighted by atomic mass is 9.81. The lowest BCUT2D eigenvalue weighted by Gasteiger charge is -2.49. The van der Waals surface area contributed by atoms with Gasteiger partial charge in [0.25, 0.3) is 0 Å². The molecule has 2 N–H and O–H groups in total. The third kappa shape index (κ3) is 2.51. The Bertz CT molecular complexity index is 910. The highest BCUT2D eigenvalue weighted by Crippen LogP contribution is 2.52. The second kappa shape index (κ2) is 6.23. The van der Waals surface area contributed by atoms with Crippen molar-refractivity contribution in [3.05, 3.63) is 40.5 Å². The maximum absolute atomic E-state index is 11.0. The molecule has 2 aromatic rings. The maximum Gasteiger partial charge on any atom is 0.203 e. The molecule has 1 unspecified atom stereocenters. The molecule has 144 valence electrons. The third-order valence-corrected chi connectivity index (χ3v) is 6.24. The number of aromatic hydroxyl groups is 2. The summed E-state index contributed by atoms with van der Waals surface area (Å²) in [4.78, 5) is 0. The Morgan fingerprint density at radius 2 is 1.70 bits per heavy atom. The summed E-state index contributed by atoms with van der Waals surface area (Å²) in [7, 11) is 6.88. The molecule has 0 saturated carbocycles. The molecule has 0 aromatic heterocycles. The summed E-state index contributed by atoms with van der Waals surface area (Å²) in [6, 6.07) is 5.90. The Morgan fingerprint density at radius 3 is 2.37 bits per heavy atom. The van der Waals surface area contributed by atoms with Gasteiger partial charge in [-0.15, -0.1) is 0 Å². The summed E-state index contributed by atoms with van der Waals surface area (Å²) in [5.41, 5.74) is 4.07. The summed E-state index contributed by atoms with van der Waals surface area (Å²) in [5.74, 6) is 1.85. The standard InChI is InChI=1S/C21H25NO5/c1-22-8-7-13-10-17(26-3)21(27-4)20(24)18(13)15(22)9-12-5-6-16(25-2)19(23)14(12)11-22/h5-6,10,15H,7-9,11H2,1-4H3,(H-,23,24)/p+1/t15-,22?/m0/s1. The van der Waals surface area contributed by atoms with Crippen LogP contribution < -0.4 is 14.2 Å². The van der Waals surface area contributed by atoms with Crippen molar-refractivity contribution >= 4 is 0 Å². The van der Waals surface area contributed by atoms with Gasteiger partial charge in [-0.3, -0.25) is 0 Å². The van der Waals surface area contributed by atoms with Crippen molar-refractivity contribution < 1.29 is 28.9 Å². The van der Waals surface area contributed by atoms with E-state index in [-0.39, 0.29) is 17.5 Å². The molecule has 0 spiro atoms. The zero-order valence-corrected chi connectivity index (χ0v) is 16.2. The first-order valence-electron chi connectivity index (χ1n) is 9.12. The summed E-state index contributed by atoms with van der Waals surface area (Å²) in [6.45, 7) is 1.61. The summed E-state index contributed by atoms with van der Waals surface area (Å²) in [5, 5.41) is 21.6. The molecule has 0 saturated heterocycles. The number of ether oxygens (including phenoxy) is 3. The second-order valence-electron chi connectivity index (χ2n) is 7.62. The van der Waals surface area contributed by atoms with Gasteiger partial charge in [0, 0.05) is 12.8 Å². The molecule has 2 aliphatic heterocycles. The lowest BCUT2D eigenvalue weighted by Crippen LogP contribution is -2.53. The van der Waals surface area contributed by atoms with Crippen molar-refractivity contribution in [2.45, 2.75) is 25.4 Å². The molecule has 6 heteroatoms. The summed E-state index contributed by atoms with van der Waals surface area (Å²) >= 11 is 0. The number of hydrogen-bond donors (Lipinski definition) is 2. The van der Waals surface area contributed by atoms with Crippen molar-refractivity contribution in [1.29, 1.82) is 0 Å². The quantitative estimate of drug-likeness (QED) is 0.811. The Balaban J connectivity index is 1.87. The predicted octanol–water partition coefficient (Wildman–Crippen LogP) is 2.92. The highest BCUT2D eigenvalue weighted by Gasteiger charge is 2.46. The fraction of sp³-hybridized carbons (Fsp3) is 0.429. The molecule has 0 bridgehead atoms. The predicted molar refractivity (Wildman–Crippen MR) is 101 cm³/mol. The van der Waals surface area contributed by atoms with Crippen molar-refractivity contribution in [3.63, 3.8) is 0 Å². The number of nitrogens with zero attached hydrogens (tertiary/aromatic N) is 1. The van der Waals surface area contributed by atoms with Gasteiger partial charge in [-0.25, -0.2) is 0 Å². The van der Waals surface area contributed by atoms with Crippen molar-refractivity contribution in [2.75, 3.05) is 34.9 Å². The lowest BCUT2D eigenvalue weighted by molar-refractivity contribution is -0.956. The average Bonchev–Trinajstić information content (AvgIpc) is 2.67. The molecule has 4 rings (SSSR count). The van der Waals surface area contributed by atoms with Crippen LogP contribution in [0.5, 0.6) is 28.7 Å². The molecule has 27 heavy (non-hydrogen) atoms. The first kappa shape index (κ1) is 17.8. The normalized spacial score (nSPS) is 23.0. The summed E-state index contributed by atoms with van der Waals surface area (Å²) in [6.07, 6.45) is 1.57. The highest BCUT2D eigenvalue weighted by atomic mass is 16.5. The van der Waals surface area contributed by atoms with Gasteiger partial charge in [-0.1, -0.05) is 6.07 Å². The maximum atomic E-state index is 11.0. The van der Waals surface area contributed by atoms with E-state index in [1.54, 1.807) is 21.3 Å². The Morgan fingerprint density at radius 1 is 0.963 bits per heavy atom. The summed E-state index contributed by atoms with van der Waals surface area (Å²) < 4.78 is 16.8. The molecular weight excluding hydrogens is 346 g/mol. The van der Waals surface area contributed by atoms with E-state index in [0.717, 1.165) is 46.1 Å². The molecule has 6 nitrogen and oxygen atoms in total. The first-order valence-corrected chi connectivity index (χ1v) is 9.12. The van der Waals surface area contributed by atoms with Gasteiger partial charge in [0.05, 0.1) is 46.0 Å². The van der Waals surface area contributed by atoms with Crippen LogP contribution in [0.4, 0.5) is 0 Å². The zero-order valence-electron chi connectivity index (χ0n) is 16.2. The van der Waals surface area contributed by atoms with Crippen LogP contribution in [-0.2, 0) is 19.4 Å². The van der Waals surface area contributed by atoms with Gasteiger partial charge < -0.3 is 28.9 Å². The Kier molecular flexibility index (Phi) is 4.11. The van der Waals surface area contributed by atoms with Gasteiger partial charge in [0.1, 0.15) is 12.6 Å². The molecule has 0 fully saturated rings.